The van der Waals surface area contributed by atoms with E-state index in [1.54, 1.807) is 4.90 Å². The molecule has 1 aromatic heterocycles. The normalized spacial score (nSPS) is 21.7. The molecule has 1 N–H and O–H groups in total. The number of hydrogen-bond acceptors (Lipinski definition) is 4. The molecular weight excluding hydrogens is 196 g/mol. The van der Waals surface area contributed by atoms with Crippen LogP contribution in [0.4, 0.5) is 0 Å². The summed E-state index contributed by atoms with van der Waals surface area (Å²) in [6, 6.07) is 0. The van der Waals surface area contributed by atoms with Crippen LogP contribution in [0, 0.1) is 0 Å². The van der Waals surface area contributed by atoms with Crippen LogP contribution in [0.3, 0.4) is 0 Å². The minimum absolute atomic E-state index is 0.0146. The van der Waals surface area contributed by atoms with Crippen LogP contribution >= 0.6 is 0 Å². The Kier molecular flexibility index (Phi) is 2.96. The minimum atomic E-state index is -0.376. The van der Waals surface area contributed by atoms with Crippen molar-refractivity contribution in [1.82, 2.24) is 19.7 Å². The number of carbonyl (C=O) groups is 1. The number of aromatic nitrogens is 3. The van der Waals surface area contributed by atoms with Crippen LogP contribution in [0.2, 0.25) is 0 Å². The Morgan fingerprint density at radius 2 is 2.47 bits per heavy atom. The van der Waals surface area contributed by atoms with E-state index in [1.807, 2.05) is 0 Å². The molecule has 1 fully saturated rings. The van der Waals surface area contributed by atoms with Gasteiger partial charge in [-0.25, -0.2) is 9.67 Å². The highest BCUT2D eigenvalue weighted by atomic mass is 16.3. The maximum atomic E-state index is 11.7. The Hall–Kier alpha value is -1.43. The quantitative estimate of drug-likeness (QED) is 0.698. The van der Waals surface area contributed by atoms with Crippen LogP contribution < -0.4 is 0 Å². The van der Waals surface area contributed by atoms with Gasteiger partial charge in [-0.15, -0.1) is 0 Å². The number of rotatable bonds is 2. The van der Waals surface area contributed by atoms with Crippen LogP contribution in [0.1, 0.15) is 12.8 Å². The monoisotopic (exact) mass is 210 g/mol. The Bertz CT molecular complexity index is 325. The third-order valence-corrected chi connectivity index (χ3v) is 2.51. The number of carbonyl (C=O) groups excluding carboxylic acids is 1. The average molecular weight is 210 g/mol. The van der Waals surface area contributed by atoms with Gasteiger partial charge in [0.25, 0.3) is 0 Å². The van der Waals surface area contributed by atoms with Gasteiger partial charge >= 0.3 is 0 Å². The minimum Gasteiger partial charge on any atom is -0.391 e. The molecule has 0 saturated carbocycles. The summed E-state index contributed by atoms with van der Waals surface area (Å²) in [5.74, 6) is -0.0146. The molecule has 0 unspecified atom stereocenters. The maximum absolute atomic E-state index is 11.7. The number of likely N-dealkylation sites (tertiary alicyclic amines) is 1. The molecule has 6 heteroatoms. The van der Waals surface area contributed by atoms with E-state index in [4.69, 9.17) is 0 Å². The highest BCUT2D eigenvalue weighted by molar-refractivity contribution is 5.76. The molecule has 1 atom stereocenters. The van der Waals surface area contributed by atoms with Gasteiger partial charge in [0.15, 0.2) is 0 Å². The summed E-state index contributed by atoms with van der Waals surface area (Å²) in [5, 5.41) is 13.3. The Balaban J connectivity index is 1.90. The summed E-state index contributed by atoms with van der Waals surface area (Å²) < 4.78 is 1.49. The van der Waals surface area contributed by atoms with E-state index in [-0.39, 0.29) is 18.6 Å². The first-order valence-corrected chi connectivity index (χ1v) is 5.04. The second kappa shape index (κ2) is 4.39. The Morgan fingerprint density at radius 3 is 3.13 bits per heavy atom. The lowest BCUT2D eigenvalue weighted by Crippen LogP contribution is -2.43. The second-order valence-corrected chi connectivity index (χ2v) is 3.73. The number of amides is 1. The highest BCUT2D eigenvalue weighted by Gasteiger charge is 2.21. The molecule has 2 rings (SSSR count). The van der Waals surface area contributed by atoms with Crippen molar-refractivity contribution >= 4 is 5.91 Å². The van der Waals surface area contributed by atoms with Crippen molar-refractivity contribution in [3.8, 4) is 0 Å². The number of hydrogen-bond donors (Lipinski definition) is 1. The zero-order valence-electron chi connectivity index (χ0n) is 8.41. The third-order valence-electron chi connectivity index (χ3n) is 2.51. The van der Waals surface area contributed by atoms with E-state index < -0.39 is 0 Å². The van der Waals surface area contributed by atoms with Crippen molar-refractivity contribution in [3.63, 3.8) is 0 Å². The molecule has 1 amide bonds. The van der Waals surface area contributed by atoms with Crippen LogP contribution in [-0.2, 0) is 11.3 Å². The summed E-state index contributed by atoms with van der Waals surface area (Å²) in [5.41, 5.74) is 0. The van der Waals surface area contributed by atoms with Gasteiger partial charge in [0.1, 0.15) is 19.2 Å². The van der Waals surface area contributed by atoms with Gasteiger partial charge in [-0.3, -0.25) is 4.79 Å². The van der Waals surface area contributed by atoms with Gasteiger partial charge in [0.2, 0.25) is 5.91 Å². The molecule has 15 heavy (non-hydrogen) atoms. The highest BCUT2D eigenvalue weighted by Crippen LogP contribution is 2.10. The predicted octanol–water partition coefficient (Wildman–Crippen LogP) is -0.739. The molecular formula is C9H14N4O2. The Labute approximate surface area is 87.5 Å². The predicted molar refractivity (Wildman–Crippen MR) is 51.8 cm³/mol. The maximum Gasteiger partial charge on any atom is 0.244 e. The smallest absolute Gasteiger partial charge is 0.244 e. The number of β-amino-alcohol motifs (C(OH)–C–C–N with tert-alkyl or cyclic N) is 1. The first-order chi connectivity index (χ1) is 7.25. The topological polar surface area (TPSA) is 71.2 Å². The molecule has 1 aliphatic heterocycles. The fraction of sp³-hybridized carbons (Fsp3) is 0.667. The van der Waals surface area contributed by atoms with E-state index in [2.05, 4.69) is 10.1 Å². The van der Waals surface area contributed by atoms with Crippen LogP contribution in [0.15, 0.2) is 12.7 Å². The fourth-order valence-electron chi connectivity index (χ4n) is 1.73. The molecule has 2 heterocycles. The van der Waals surface area contributed by atoms with Crippen molar-refractivity contribution in [3.05, 3.63) is 12.7 Å². The largest absolute Gasteiger partial charge is 0.391 e. The van der Waals surface area contributed by atoms with Crippen molar-refractivity contribution in [1.29, 1.82) is 0 Å². The van der Waals surface area contributed by atoms with E-state index in [0.29, 0.717) is 6.54 Å². The zero-order valence-corrected chi connectivity index (χ0v) is 8.41. The fourth-order valence-corrected chi connectivity index (χ4v) is 1.73. The van der Waals surface area contributed by atoms with Gasteiger partial charge in [-0.1, -0.05) is 0 Å². The molecule has 0 spiro atoms. The second-order valence-electron chi connectivity index (χ2n) is 3.73. The van der Waals surface area contributed by atoms with Gasteiger partial charge in [0, 0.05) is 13.1 Å². The number of aliphatic hydroxyl groups is 1. The van der Waals surface area contributed by atoms with Crippen LogP contribution in [0.25, 0.3) is 0 Å². The first-order valence-electron chi connectivity index (χ1n) is 5.04. The van der Waals surface area contributed by atoms with E-state index in [0.717, 1.165) is 19.4 Å². The molecule has 1 aliphatic rings. The average Bonchev–Trinajstić information content (AvgIpc) is 2.70. The molecule has 0 aliphatic carbocycles. The molecule has 1 aromatic rings. The zero-order chi connectivity index (χ0) is 10.7. The van der Waals surface area contributed by atoms with Crippen LogP contribution in [0.5, 0.6) is 0 Å². The lowest BCUT2D eigenvalue weighted by molar-refractivity contribution is -0.135. The summed E-state index contributed by atoms with van der Waals surface area (Å²) >= 11 is 0. The van der Waals surface area contributed by atoms with E-state index in [1.165, 1.54) is 17.3 Å². The summed E-state index contributed by atoms with van der Waals surface area (Å²) in [6.07, 6.45) is 4.19. The van der Waals surface area contributed by atoms with Crippen LogP contribution in [-0.4, -0.2) is 49.9 Å². The number of nitrogens with zero attached hydrogens (tertiary/aromatic N) is 4. The Morgan fingerprint density at radius 1 is 1.60 bits per heavy atom. The van der Waals surface area contributed by atoms with Crippen molar-refractivity contribution in [2.45, 2.75) is 25.5 Å². The van der Waals surface area contributed by atoms with Gasteiger partial charge < -0.3 is 10.0 Å². The molecule has 0 radical (unpaired) electrons. The summed E-state index contributed by atoms with van der Waals surface area (Å²) in [7, 11) is 0. The first kappa shape index (κ1) is 10.1. The lowest BCUT2D eigenvalue weighted by atomic mass is 10.1. The molecule has 0 aromatic carbocycles. The SMILES string of the molecule is O=C(Cn1cncn1)N1CCC[C@H](O)C1. The standard InChI is InChI=1S/C9H14N4O2/c14-8-2-1-3-12(4-8)9(15)5-13-7-10-6-11-13/h6-8,14H,1-5H2/t8-/m0/s1. The van der Waals surface area contributed by atoms with Gasteiger partial charge in [0.05, 0.1) is 6.10 Å². The molecule has 6 nitrogen and oxygen atoms in total. The molecule has 1 saturated heterocycles. The molecule has 0 bridgehead atoms. The summed E-state index contributed by atoms with van der Waals surface area (Å²) in [6.45, 7) is 1.37. The number of piperidine rings is 1. The van der Waals surface area contributed by atoms with Crippen molar-refractivity contribution in [2.24, 2.45) is 0 Å². The lowest BCUT2D eigenvalue weighted by Gasteiger charge is -2.29. The van der Waals surface area contributed by atoms with E-state index in [9.17, 15) is 9.90 Å². The third kappa shape index (κ3) is 2.53. The number of aliphatic hydroxyl groups excluding tert-OH is 1. The van der Waals surface area contributed by atoms with Crippen molar-refractivity contribution < 1.29 is 9.90 Å². The van der Waals surface area contributed by atoms with Gasteiger partial charge in [-0.2, -0.15) is 5.10 Å². The van der Waals surface area contributed by atoms with Crippen molar-refractivity contribution in [2.75, 3.05) is 13.1 Å². The molecule has 82 valence electrons. The van der Waals surface area contributed by atoms with Gasteiger partial charge in [-0.05, 0) is 12.8 Å². The van der Waals surface area contributed by atoms with E-state index >= 15 is 0 Å². The summed E-state index contributed by atoms with van der Waals surface area (Å²) in [4.78, 5) is 17.2.